The summed E-state index contributed by atoms with van der Waals surface area (Å²) >= 11 is 0. The van der Waals surface area contributed by atoms with Crippen molar-refractivity contribution in [2.45, 2.75) is 63.8 Å². The van der Waals surface area contributed by atoms with Crippen molar-refractivity contribution in [3.63, 3.8) is 0 Å². The molecule has 0 amide bonds. The molecule has 17 heavy (non-hydrogen) atoms. The van der Waals surface area contributed by atoms with E-state index >= 15 is 0 Å². The van der Waals surface area contributed by atoms with Crippen molar-refractivity contribution >= 4 is 5.69 Å². The zero-order chi connectivity index (χ0) is 11.9. The quantitative estimate of drug-likeness (QED) is 0.658. The zero-order valence-corrected chi connectivity index (χ0v) is 11.1. The van der Waals surface area contributed by atoms with Crippen LogP contribution < -0.4 is 5.32 Å². The smallest absolute Gasteiger partial charge is 0.133 e. The van der Waals surface area contributed by atoms with Gasteiger partial charge in [0.15, 0.2) is 0 Å². The van der Waals surface area contributed by atoms with E-state index in [4.69, 9.17) is 0 Å². The number of nitrogens with two attached hydrogens (primary N) is 1. The summed E-state index contributed by atoms with van der Waals surface area (Å²) in [6.07, 6.45) is 8.54. The standard InChI is InChI=1S/C16H23N/c1-12-6-7-15-14(10-12)13(2)11-16(17-15)8-4-3-5-9-16/h6-7,10,13,17H,3-5,8-9,11H2,1-2H3/p+1. The van der Waals surface area contributed by atoms with Gasteiger partial charge in [-0.3, -0.25) is 0 Å². The van der Waals surface area contributed by atoms with Gasteiger partial charge in [0.2, 0.25) is 0 Å². The van der Waals surface area contributed by atoms with Crippen LogP contribution in [0, 0.1) is 6.92 Å². The number of fused-ring (bicyclic) bond motifs is 1. The molecule has 1 unspecified atom stereocenters. The lowest BCUT2D eigenvalue weighted by Gasteiger charge is -2.41. The third-order valence-corrected chi connectivity index (χ3v) is 4.80. The average molecular weight is 230 g/mol. The minimum atomic E-state index is 0.542. The van der Waals surface area contributed by atoms with Gasteiger partial charge in [0.05, 0.1) is 0 Å². The molecule has 1 aromatic carbocycles. The molecule has 2 N–H and O–H groups in total. The Bertz CT molecular complexity index is 416. The van der Waals surface area contributed by atoms with E-state index in [-0.39, 0.29) is 0 Å². The van der Waals surface area contributed by atoms with Gasteiger partial charge in [0.1, 0.15) is 11.2 Å². The van der Waals surface area contributed by atoms with Crippen LogP contribution in [0.4, 0.5) is 5.69 Å². The molecule has 1 nitrogen and oxygen atoms in total. The van der Waals surface area contributed by atoms with Crippen LogP contribution in [0.25, 0.3) is 0 Å². The molecule has 1 aliphatic heterocycles. The number of benzene rings is 1. The average Bonchev–Trinajstić information content (AvgIpc) is 2.31. The van der Waals surface area contributed by atoms with E-state index in [0.717, 1.165) is 5.92 Å². The van der Waals surface area contributed by atoms with E-state index in [1.165, 1.54) is 49.8 Å². The topological polar surface area (TPSA) is 16.6 Å². The molecule has 1 heteroatoms. The van der Waals surface area contributed by atoms with Crippen LogP contribution in [0.5, 0.6) is 0 Å². The van der Waals surface area contributed by atoms with Crippen molar-refractivity contribution in [2.75, 3.05) is 0 Å². The Hall–Kier alpha value is -0.820. The number of hydrogen-bond donors (Lipinski definition) is 1. The van der Waals surface area contributed by atoms with Gasteiger partial charge in [-0.1, -0.05) is 25.0 Å². The second-order valence-corrected chi connectivity index (χ2v) is 6.30. The highest BCUT2D eigenvalue weighted by atomic mass is 15.0. The van der Waals surface area contributed by atoms with Gasteiger partial charge in [-0.05, 0) is 37.8 Å². The third-order valence-electron chi connectivity index (χ3n) is 4.80. The summed E-state index contributed by atoms with van der Waals surface area (Å²) in [5.74, 6) is 0.744. The summed E-state index contributed by atoms with van der Waals surface area (Å²) in [6, 6.07) is 7.01. The van der Waals surface area contributed by atoms with Crippen molar-refractivity contribution < 1.29 is 5.32 Å². The maximum Gasteiger partial charge on any atom is 0.133 e. The second kappa shape index (κ2) is 4.13. The van der Waals surface area contributed by atoms with E-state index in [0.29, 0.717) is 5.54 Å². The molecule has 0 bridgehead atoms. The van der Waals surface area contributed by atoms with Gasteiger partial charge in [-0.25, -0.2) is 0 Å². The lowest BCUT2D eigenvalue weighted by molar-refractivity contribution is -0.665. The normalized spacial score (nSPS) is 26.8. The fourth-order valence-electron chi connectivity index (χ4n) is 3.97. The Kier molecular flexibility index (Phi) is 2.74. The highest BCUT2D eigenvalue weighted by Gasteiger charge is 2.41. The van der Waals surface area contributed by atoms with E-state index < -0.39 is 0 Å². The van der Waals surface area contributed by atoms with E-state index in [9.17, 15) is 0 Å². The monoisotopic (exact) mass is 230 g/mol. The molecule has 1 saturated carbocycles. The van der Waals surface area contributed by atoms with Crippen molar-refractivity contribution in [1.82, 2.24) is 0 Å². The summed E-state index contributed by atoms with van der Waals surface area (Å²) in [4.78, 5) is 0. The van der Waals surface area contributed by atoms with Gasteiger partial charge < -0.3 is 5.32 Å². The van der Waals surface area contributed by atoms with Gasteiger partial charge in [-0.15, -0.1) is 0 Å². The van der Waals surface area contributed by atoms with E-state index in [1.807, 2.05) is 0 Å². The number of hydrogen-bond acceptors (Lipinski definition) is 0. The summed E-state index contributed by atoms with van der Waals surface area (Å²) in [5, 5.41) is 2.61. The molecule has 0 radical (unpaired) electrons. The predicted octanol–water partition coefficient (Wildman–Crippen LogP) is 3.40. The lowest BCUT2D eigenvalue weighted by Crippen LogP contribution is -2.94. The fraction of sp³-hybridized carbons (Fsp3) is 0.625. The number of rotatable bonds is 0. The van der Waals surface area contributed by atoms with E-state index in [2.05, 4.69) is 37.4 Å². The molecule has 1 aliphatic carbocycles. The molecule has 1 aromatic rings. The van der Waals surface area contributed by atoms with Crippen LogP contribution in [0.1, 0.15) is 62.5 Å². The minimum absolute atomic E-state index is 0.542. The summed E-state index contributed by atoms with van der Waals surface area (Å²) in [5.41, 5.74) is 5.06. The van der Waals surface area contributed by atoms with Gasteiger partial charge in [0, 0.05) is 24.8 Å². The minimum Gasteiger partial charge on any atom is -0.309 e. The molecule has 3 rings (SSSR count). The maximum atomic E-state index is 2.61. The van der Waals surface area contributed by atoms with Gasteiger partial charge >= 0.3 is 0 Å². The Morgan fingerprint density at radius 1 is 1.18 bits per heavy atom. The van der Waals surface area contributed by atoms with Crippen LogP contribution in [0.3, 0.4) is 0 Å². The molecule has 1 fully saturated rings. The highest BCUT2D eigenvalue weighted by molar-refractivity contribution is 5.45. The van der Waals surface area contributed by atoms with Crippen LogP contribution in [-0.4, -0.2) is 5.54 Å². The number of aryl methyl sites for hydroxylation is 1. The van der Waals surface area contributed by atoms with Crippen molar-refractivity contribution in [3.8, 4) is 0 Å². The summed E-state index contributed by atoms with van der Waals surface area (Å²) < 4.78 is 0. The SMILES string of the molecule is Cc1ccc2c(c1)C(C)CC1(CCCCC1)[NH2+]2. The maximum absolute atomic E-state index is 2.61. The van der Waals surface area contributed by atoms with Crippen molar-refractivity contribution in [3.05, 3.63) is 29.3 Å². The molecule has 1 atom stereocenters. The summed E-state index contributed by atoms with van der Waals surface area (Å²) in [7, 11) is 0. The van der Waals surface area contributed by atoms with Crippen LogP contribution in [0.2, 0.25) is 0 Å². The first kappa shape index (κ1) is 11.3. The number of quaternary nitrogens is 1. The molecule has 0 aromatic heterocycles. The molecule has 2 aliphatic rings. The lowest BCUT2D eigenvalue weighted by atomic mass is 9.71. The predicted molar refractivity (Wildman–Crippen MR) is 71.6 cm³/mol. The van der Waals surface area contributed by atoms with Gasteiger partial charge in [-0.2, -0.15) is 0 Å². The Balaban J connectivity index is 1.94. The van der Waals surface area contributed by atoms with Crippen LogP contribution in [0.15, 0.2) is 18.2 Å². The molecular weight excluding hydrogens is 206 g/mol. The molecular formula is C16H24N+. The third kappa shape index (κ3) is 2.01. The van der Waals surface area contributed by atoms with Crippen LogP contribution >= 0.6 is 0 Å². The molecule has 1 spiro atoms. The Labute approximate surface area is 105 Å². The van der Waals surface area contributed by atoms with Crippen molar-refractivity contribution in [2.24, 2.45) is 0 Å². The first-order valence-corrected chi connectivity index (χ1v) is 7.15. The molecule has 92 valence electrons. The highest BCUT2D eigenvalue weighted by Crippen LogP contribution is 2.39. The Morgan fingerprint density at radius 2 is 1.94 bits per heavy atom. The molecule has 0 saturated heterocycles. The first-order valence-electron chi connectivity index (χ1n) is 7.15. The first-order chi connectivity index (χ1) is 8.19. The Morgan fingerprint density at radius 3 is 2.71 bits per heavy atom. The zero-order valence-electron chi connectivity index (χ0n) is 11.1. The van der Waals surface area contributed by atoms with Crippen LogP contribution in [-0.2, 0) is 0 Å². The van der Waals surface area contributed by atoms with Gasteiger partial charge in [0.25, 0.3) is 0 Å². The summed E-state index contributed by atoms with van der Waals surface area (Å²) in [6.45, 7) is 4.62. The molecule has 1 heterocycles. The van der Waals surface area contributed by atoms with E-state index in [1.54, 1.807) is 5.56 Å². The van der Waals surface area contributed by atoms with Crippen molar-refractivity contribution in [1.29, 1.82) is 0 Å². The second-order valence-electron chi connectivity index (χ2n) is 6.30. The largest absolute Gasteiger partial charge is 0.309 e. The fourth-order valence-corrected chi connectivity index (χ4v) is 3.97.